The van der Waals surface area contributed by atoms with E-state index in [1.165, 1.54) is 18.5 Å². The number of dihydropyridines is 1. The smallest absolute Gasteiger partial charge is 0.133 e. The Hall–Kier alpha value is -1.23. The summed E-state index contributed by atoms with van der Waals surface area (Å²) < 4.78 is 0. The van der Waals surface area contributed by atoms with E-state index in [-0.39, 0.29) is 6.04 Å². The third-order valence-corrected chi connectivity index (χ3v) is 1.88. The van der Waals surface area contributed by atoms with Gasteiger partial charge in [-0.2, -0.15) is 5.26 Å². The molecule has 1 atom stereocenters. The van der Waals surface area contributed by atoms with Gasteiger partial charge in [0.15, 0.2) is 0 Å². The quantitative estimate of drug-likeness (QED) is 0.690. The summed E-state index contributed by atoms with van der Waals surface area (Å²) in [7, 11) is 0. The van der Waals surface area contributed by atoms with Crippen LogP contribution in [-0.2, 0) is 0 Å². The Balaban J connectivity index is 2.41. The molecule has 1 aliphatic heterocycles. The Morgan fingerprint density at radius 2 is 2.50 bits per heavy atom. The zero-order valence-electron chi connectivity index (χ0n) is 7.38. The number of unbranched alkanes of at least 4 members (excludes halogenated alkanes) is 1. The second kappa shape index (κ2) is 4.61. The number of allylic oxidation sites excluding steroid dienone is 3. The Kier molecular flexibility index (Phi) is 3.40. The summed E-state index contributed by atoms with van der Waals surface area (Å²) in [6.07, 6.45) is 9.30. The van der Waals surface area contributed by atoms with Gasteiger partial charge >= 0.3 is 0 Å². The molecule has 64 valence electrons. The fourth-order valence-corrected chi connectivity index (χ4v) is 1.18. The maximum absolute atomic E-state index is 8.64. The highest BCUT2D eigenvalue weighted by molar-refractivity contribution is 5.24. The Morgan fingerprint density at radius 3 is 3.17 bits per heavy atom. The largest absolute Gasteiger partial charge is 0.370 e. The molecule has 0 amide bonds. The van der Waals surface area contributed by atoms with Gasteiger partial charge in [-0.25, -0.2) is 0 Å². The first-order chi connectivity index (χ1) is 5.86. The second-order valence-corrected chi connectivity index (χ2v) is 2.93. The third-order valence-electron chi connectivity index (χ3n) is 1.88. The minimum atomic E-state index is -0.123. The van der Waals surface area contributed by atoms with E-state index < -0.39 is 0 Å². The fourth-order valence-electron chi connectivity index (χ4n) is 1.18. The van der Waals surface area contributed by atoms with E-state index in [1.807, 2.05) is 18.2 Å². The maximum Gasteiger partial charge on any atom is 0.133 e. The minimum absolute atomic E-state index is 0.123. The lowest BCUT2D eigenvalue weighted by atomic mass is 10.1. The molecule has 0 saturated heterocycles. The van der Waals surface area contributed by atoms with Crippen LogP contribution in [0.5, 0.6) is 0 Å². The van der Waals surface area contributed by atoms with Crippen LogP contribution in [-0.4, -0.2) is 6.04 Å². The summed E-state index contributed by atoms with van der Waals surface area (Å²) >= 11 is 0. The van der Waals surface area contributed by atoms with E-state index in [4.69, 9.17) is 5.26 Å². The van der Waals surface area contributed by atoms with E-state index in [0.29, 0.717) is 0 Å². The highest BCUT2D eigenvalue weighted by Gasteiger charge is 2.06. The van der Waals surface area contributed by atoms with Crippen LogP contribution in [0, 0.1) is 11.3 Å². The van der Waals surface area contributed by atoms with E-state index in [2.05, 4.69) is 18.3 Å². The zero-order chi connectivity index (χ0) is 8.81. The standard InChI is InChI=1S/C10H14N2/c1-2-3-5-9-6-4-7-10(8-11)12-9/h4,6-7,10,12H,2-3,5H2,1H3/t10-/m0/s1. The molecule has 0 aliphatic carbocycles. The lowest BCUT2D eigenvalue weighted by Crippen LogP contribution is -2.26. The molecule has 0 radical (unpaired) electrons. The van der Waals surface area contributed by atoms with Crippen molar-refractivity contribution in [1.29, 1.82) is 5.26 Å². The molecule has 1 heterocycles. The van der Waals surface area contributed by atoms with Gasteiger partial charge in [0.1, 0.15) is 6.04 Å². The first kappa shape index (κ1) is 8.86. The van der Waals surface area contributed by atoms with Gasteiger partial charge in [-0.05, 0) is 25.0 Å². The second-order valence-electron chi connectivity index (χ2n) is 2.93. The fraction of sp³-hybridized carbons (Fsp3) is 0.500. The van der Waals surface area contributed by atoms with Gasteiger partial charge in [-0.1, -0.05) is 19.4 Å². The molecule has 0 unspecified atom stereocenters. The number of rotatable bonds is 3. The lowest BCUT2D eigenvalue weighted by molar-refractivity contribution is 0.688. The van der Waals surface area contributed by atoms with Gasteiger partial charge in [-0.3, -0.25) is 0 Å². The minimum Gasteiger partial charge on any atom is -0.370 e. The van der Waals surface area contributed by atoms with Crippen LogP contribution in [0.2, 0.25) is 0 Å². The van der Waals surface area contributed by atoms with Crippen molar-refractivity contribution in [3.8, 4) is 6.07 Å². The predicted molar refractivity (Wildman–Crippen MR) is 49.3 cm³/mol. The van der Waals surface area contributed by atoms with Crippen molar-refractivity contribution in [2.45, 2.75) is 32.2 Å². The Bertz CT molecular complexity index is 233. The molecular weight excluding hydrogens is 148 g/mol. The molecule has 2 nitrogen and oxygen atoms in total. The number of hydrogen-bond donors (Lipinski definition) is 1. The molecule has 1 aliphatic rings. The highest BCUT2D eigenvalue weighted by atomic mass is 14.9. The van der Waals surface area contributed by atoms with Crippen LogP contribution in [0.3, 0.4) is 0 Å². The molecule has 0 spiro atoms. The summed E-state index contributed by atoms with van der Waals surface area (Å²) in [5.74, 6) is 0. The van der Waals surface area contributed by atoms with Crippen molar-refractivity contribution in [3.63, 3.8) is 0 Å². The molecule has 0 saturated carbocycles. The van der Waals surface area contributed by atoms with Gasteiger partial charge < -0.3 is 5.32 Å². The van der Waals surface area contributed by atoms with Crippen LogP contribution >= 0.6 is 0 Å². The van der Waals surface area contributed by atoms with Gasteiger partial charge in [0.05, 0.1) is 6.07 Å². The average molecular weight is 162 g/mol. The van der Waals surface area contributed by atoms with Crippen molar-refractivity contribution in [2.24, 2.45) is 0 Å². The van der Waals surface area contributed by atoms with E-state index >= 15 is 0 Å². The normalized spacial score (nSPS) is 21.0. The van der Waals surface area contributed by atoms with Gasteiger partial charge in [0.2, 0.25) is 0 Å². The molecule has 1 N–H and O–H groups in total. The first-order valence-electron chi connectivity index (χ1n) is 4.40. The Labute approximate surface area is 73.6 Å². The highest BCUT2D eigenvalue weighted by Crippen LogP contribution is 2.09. The summed E-state index contributed by atoms with van der Waals surface area (Å²) in [4.78, 5) is 0. The molecular formula is C10H14N2. The summed E-state index contributed by atoms with van der Waals surface area (Å²) in [5.41, 5.74) is 1.19. The van der Waals surface area contributed by atoms with Crippen LogP contribution < -0.4 is 5.32 Å². The molecule has 0 aromatic carbocycles. The molecule has 0 aromatic rings. The molecule has 0 bridgehead atoms. The summed E-state index contributed by atoms with van der Waals surface area (Å²) in [6.45, 7) is 2.17. The van der Waals surface area contributed by atoms with E-state index in [0.717, 1.165) is 6.42 Å². The monoisotopic (exact) mass is 162 g/mol. The average Bonchev–Trinajstić information content (AvgIpc) is 2.15. The predicted octanol–water partition coefficient (Wildman–Crippen LogP) is 2.11. The van der Waals surface area contributed by atoms with Crippen molar-refractivity contribution >= 4 is 0 Å². The van der Waals surface area contributed by atoms with Crippen molar-refractivity contribution in [3.05, 3.63) is 23.9 Å². The SMILES string of the molecule is CCCCC1=CC=C[C@@H](C#N)N1. The summed E-state index contributed by atoms with van der Waals surface area (Å²) in [5, 5.41) is 11.8. The van der Waals surface area contributed by atoms with Crippen molar-refractivity contribution < 1.29 is 0 Å². The van der Waals surface area contributed by atoms with E-state index in [1.54, 1.807) is 0 Å². The topological polar surface area (TPSA) is 35.8 Å². The number of nitrogens with one attached hydrogen (secondary N) is 1. The first-order valence-corrected chi connectivity index (χ1v) is 4.40. The molecule has 12 heavy (non-hydrogen) atoms. The van der Waals surface area contributed by atoms with Crippen molar-refractivity contribution in [1.82, 2.24) is 5.32 Å². The van der Waals surface area contributed by atoms with Gasteiger partial charge in [0.25, 0.3) is 0 Å². The molecule has 1 rings (SSSR count). The molecule has 2 heteroatoms. The van der Waals surface area contributed by atoms with Crippen LogP contribution in [0.4, 0.5) is 0 Å². The zero-order valence-corrected chi connectivity index (χ0v) is 7.38. The van der Waals surface area contributed by atoms with Gasteiger partial charge in [-0.15, -0.1) is 0 Å². The Morgan fingerprint density at radius 1 is 1.67 bits per heavy atom. The maximum atomic E-state index is 8.64. The molecule has 0 fully saturated rings. The van der Waals surface area contributed by atoms with Gasteiger partial charge in [0, 0.05) is 5.70 Å². The van der Waals surface area contributed by atoms with Crippen LogP contribution in [0.15, 0.2) is 23.9 Å². The number of nitriles is 1. The van der Waals surface area contributed by atoms with E-state index in [9.17, 15) is 0 Å². The third kappa shape index (κ3) is 2.43. The number of hydrogen-bond acceptors (Lipinski definition) is 2. The van der Waals surface area contributed by atoms with Crippen LogP contribution in [0.25, 0.3) is 0 Å². The van der Waals surface area contributed by atoms with Crippen molar-refractivity contribution in [2.75, 3.05) is 0 Å². The summed E-state index contributed by atoms with van der Waals surface area (Å²) in [6, 6.07) is 2.05. The number of nitrogens with zero attached hydrogens (tertiary/aromatic N) is 1. The van der Waals surface area contributed by atoms with Crippen LogP contribution in [0.1, 0.15) is 26.2 Å². The lowest BCUT2D eigenvalue weighted by Gasteiger charge is -2.15. The molecule has 0 aromatic heterocycles.